The van der Waals surface area contributed by atoms with E-state index in [9.17, 15) is 0 Å². The van der Waals surface area contributed by atoms with E-state index in [0.717, 1.165) is 11.3 Å². The van der Waals surface area contributed by atoms with Crippen LogP contribution in [0, 0.1) is 5.41 Å². The number of likely N-dealkylation sites (N-methyl/N-ethyl adjacent to an activating group) is 1. The normalized spacial score (nSPS) is 30.0. The number of hydrogen-bond donors (Lipinski definition) is 2. The second kappa shape index (κ2) is 5.21. The lowest BCUT2D eigenvalue weighted by molar-refractivity contribution is 0.182. The Bertz CT molecular complexity index is 507. The van der Waals surface area contributed by atoms with E-state index in [1.165, 1.54) is 50.4 Å². The molecule has 3 heteroatoms. The van der Waals surface area contributed by atoms with Gasteiger partial charge in [-0.05, 0) is 44.5 Å². The van der Waals surface area contributed by atoms with Crippen molar-refractivity contribution >= 4 is 11.9 Å². The molecule has 0 spiro atoms. The molecule has 2 aliphatic rings. The smallest absolute Gasteiger partial charge is 0.0429 e. The van der Waals surface area contributed by atoms with Crippen LogP contribution in [0.3, 0.4) is 0 Å². The van der Waals surface area contributed by atoms with Crippen molar-refractivity contribution in [1.82, 2.24) is 4.90 Å². The standard InChI is InChI=1S/C17H25N3/c1-19-15-11-14(7-6-13(15)12-18)17-8-4-3-5-16(17)20(2)10-9-17/h6-7,11-12,16,18-19H,3-5,8-10H2,1-2H3/t16?,17-/m0/s1. The number of fused-ring (bicyclic) bond motifs is 1. The first-order valence-corrected chi connectivity index (χ1v) is 7.74. The topological polar surface area (TPSA) is 39.1 Å². The van der Waals surface area contributed by atoms with Gasteiger partial charge in [0.05, 0.1) is 0 Å². The van der Waals surface area contributed by atoms with Gasteiger partial charge in [0.15, 0.2) is 0 Å². The van der Waals surface area contributed by atoms with Crippen LogP contribution in [0.5, 0.6) is 0 Å². The molecule has 1 saturated carbocycles. The minimum absolute atomic E-state index is 0.346. The summed E-state index contributed by atoms with van der Waals surface area (Å²) in [7, 11) is 4.23. The van der Waals surface area contributed by atoms with Gasteiger partial charge in [-0.25, -0.2) is 0 Å². The van der Waals surface area contributed by atoms with Crippen LogP contribution in [0.1, 0.15) is 43.2 Å². The van der Waals surface area contributed by atoms with Gasteiger partial charge >= 0.3 is 0 Å². The number of hydrogen-bond acceptors (Lipinski definition) is 3. The maximum Gasteiger partial charge on any atom is 0.0429 e. The van der Waals surface area contributed by atoms with E-state index in [2.05, 4.69) is 35.5 Å². The van der Waals surface area contributed by atoms with Crippen molar-refractivity contribution in [1.29, 1.82) is 5.41 Å². The van der Waals surface area contributed by atoms with E-state index in [4.69, 9.17) is 5.41 Å². The molecule has 2 atom stereocenters. The summed E-state index contributed by atoms with van der Waals surface area (Å²) in [6.45, 7) is 1.21. The maximum absolute atomic E-state index is 7.51. The SMILES string of the molecule is CNc1cc([C@@]23CCCCC2N(C)CC3)ccc1C=N. The molecule has 2 fully saturated rings. The highest BCUT2D eigenvalue weighted by Gasteiger charge is 2.48. The van der Waals surface area contributed by atoms with Gasteiger partial charge in [0, 0.05) is 36.0 Å². The third kappa shape index (κ3) is 1.96. The Hall–Kier alpha value is -1.35. The average molecular weight is 271 g/mol. The van der Waals surface area contributed by atoms with Crippen LogP contribution < -0.4 is 5.32 Å². The van der Waals surface area contributed by atoms with E-state index in [-0.39, 0.29) is 0 Å². The molecule has 108 valence electrons. The van der Waals surface area contributed by atoms with Crippen LogP contribution in [0.25, 0.3) is 0 Å². The first-order chi connectivity index (χ1) is 9.71. The minimum atomic E-state index is 0.346. The lowest BCUT2D eigenvalue weighted by Crippen LogP contribution is -2.43. The summed E-state index contributed by atoms with van der Waals surface area (Å²) < 4.78 is 0. The molecule has 1 unspecified atom stereocenters. The van der Waals surface area contributed by atoms with Crippen molar-refractivity contribution in [2.75, 3.05) is 26.0 Å². The highest BCUT2D eigenvalue weighted by Crippen LogP contribution is 2.48. The number of likely N-dealkylation sites (tertiary alicyclic amines) is 1. The molecular formula is C17H25N3. The highest BCUT2D eigenvalue weighted by molar-refractivity contribution is 5.86. The summed E-state index contributed by atoms with van der Waals surface area (Å²) in [5.74, 6) is 0. The summed E-state index contributed by atoms with van der Waals surface area (Å²) in [6.07, 6.45) is 8.08. The van der Waals surface area contributed by atoms with Crippen LogP contribution in [0.2, 0.25) is 0 Å². The number of nitrogens with zero attached hydrogens (tertiary/aromatic N) is 1. The lowest BCUT2D eigenvalue weighted by atomic mass is 9.66. The van der Waals surface area contributed by atoms with E-state index in [1.807, 2.05) is 7.05 Å². The maximum atomic E-state index is 7.51. The second-order valence-corrected chi connectivity index (χ2v) is 6.34. The van der Waals surface area contributed by atoms with Crippen LogP contribution in [-0.4, -0.2) is 37.8 Å². The van der Waals surface area contributed by atoms with Crippen molar-refractivity contribution in [2.24, 2.45) is 0 Å². The van der Waals surface area contributed by atoms with Crippen molar-refractivity contribution in [3.63, 3.8) is 0 Å². The molecule has 1 aliphatic carbocycles. The van der Waals surface area contributed by atoms with Crippen LogP contribution in [-0.2, 0) is 5.41 Å². The zero-order chi connectivity index (χ0) is 14.2. The van der Waals surface area contributed by atoms with Crippen molar-refractivity contribution < 1.29 is 0 Å². The molecule has 1 aromatic rings. The molecule has 0 radical (unpaired) electrons. The summed E-state index contributed by atoms with van der Waals surface area (Å²) in [6, 6.07) is 7.36. The molecule has 3 nitrogen and oxygen atoms in total. The predicted octanol–water partition coefficient (Wildman–Crippen LogP) is 3.24. The first-order valence-electron chi connectivity index (χ1n) is 7.74. The monoisotopic (exact) mass is 271 g/mol. The fraction of sp³-hybridized carbons (Fsp3) is 0.588. The van der Waals surface area contributed by atoms with Gasteiger partial charge in [0.1, 0.15) is 0 Å². The zero-order valence-electron chi connectivity index (χ0n) is 12.6. The summed E-state index contributed by atoms with van der Waals surface area (Å²) >= 11 is 0. The third-order valence-electron chi connectivity index (χ3n) is 5.48. The Morgan fingerprint density at radius 1 is 1.35 bits per heavy atom. The number of anilines is 1. The number of rotatable bonds is 3. The number of nitrogens with one attached hydrogen (secondary N) is 2. The molecule has 2 N–H and O–H groups in total. The molecule has 1 saturated heterocycles. The Morgan fingerprint density at radius 3 is 2.95 bits per heavy atom. The molecule has 0 amide bonds. The highest BCUT2D eigenvalue weighted by atomic mass is 15.2. The van der Waals surface area contributed by atoms with Gasteiger partial charge in [-0.1, -0.05) is 25.0 Å². The van der Waals surface area contributed by atoms with E-state index in [1.54, 1.807) is 0 Å². The molecule has 20 heavy (non-hydrogen) atoms. The summed E-state index contributed by atoms with van der Waals surface area (Å²) in [5, 5.41) is 10.8. The Morgan fingerprint density at radius 2 is 2.20 bits per heavy atom. The van der Waals surface area contributed by atoms with Crippen molar-refractivity contribution in [3.05, 3.63) is 29.3 Å². The van der Waals surface area contributed by atoms with Gasteiger partial charge < -0.3 is 15.6 Å². The minimum Gasteiger partial charge on any atom is -0.388 e. The number of benzene rings is 1. The van der Waals surface area contributed by atoms with Crippen LogP contribution >= 0.6 is 0 Å². The summed E-state index contributed by atoms with van der Waals surface area (Å²) in [5.41, 5.74) is 3.89. The van der Waals surface area contributed by atoms with Crippen molar-refractivity contribution in [2.45, 2.75) is 43.6 Å². The van der Waals surface area contributed by atoms with Crippen LogP contribution in [0.15, 0.2) is 18.2 Å². The fourth-order valence-corrected chi connectivity index (χ4v) is 4.38. The molecule has 1 aromatic carbocycles. The first kappa shape index (κ1) is 13.6. The Labute approximate surface area is 121 Å². The molecule has 0 bridgehead atoms. The van der Waals surface area contributed by atoms with E-state index in [0.29, 0.717) is 11.5 Å². The largest absolute Gasteiger partial charge is 0.388 e. The quantitative estimate of drug-likeness (QED) is 0.828. The fourth-order valence-electron chi connectivity index (χ4n) is 4.38. The van der Waals surface area contributed by atoms with Crippen molar-refractivity contribution in [3.8, 4) is 0 Å². The Kier molecular flexibility index (Phi) is 3.55. The van der Waals surface area contributed by atoms with Gasteiger partial charge in [-0.2, -0.15) is 0 Å². The zero-order valence-corrected chi connectivity index (χ0v) is 12.6. The van der Waals surface area contributed by atoms with Crippen LogP contribution in [0.4, 0.5) is 5.69 Å². The molecular weight excluding hydrogens is 246 g/mol. The van der Waals surface area contributed by atoms with Gasteiger partial charge in [-0.15, -0.1) is 0 Å². The second-order valence-electron chi connectivity index (χ2n) is 6.34. The van der Waals surface area contributed by atoms with E-state index >= 15 is 0 Å². The average Bonchev–Trinajstić information content (AvgIpc) is 2.85. The Balaban J connectivity index is 2.04. The van der Waals surface area contributed by atoms with Gasteiger partial charge in [0.2, 0.25) is 0 Å². The molecule has 1 heterocycles. The summed E-state index contributed by atoms with van der Waals surface area (Å²) in [4.78, 5) is 2.56. The third-order valence-corrected chi connectivity index (χ3v) is 5.48. The lowest BCUT2D eigenvalue weighted by Gasteiger charge is -2.42. The van der Waals surface area contributed by atoms with Gasteiger partial charge in [0.25, 0.3) is 0 Å². The molecule has 1 aliphatic heterocycles. The predicted molar refractivity (Wildman–Crippen MR) is 85.1 cm³/mol. The van der Waals surface area contributed by atoms with Gasteiger partial charge in [-0.3, -0.25) is 0 Å². The molecule has 0 aromatic heterocycles. The van der Waals surface area contributed by atoms with E-state index < -0.39 is 0 Å². The molecule has 3 rings (SSSR count).